The highest BCUT2D eigenvalue weighted by molar-refractivity contribution is 9.10. The largest absolute Gasteiger partial charge is 0.397 e. The van der Waals surface area contributed by atoms with Crippen molar-refractivity contribution < 1.29 is 4.39 Å². The number of nitrogens with two attached hydrogens (primary N) is 1. The van der Waals surface area contributed by atoms with Crippen molar-refractivity contribution in [1.29, 1.82) is 10.5 Å². The molecule has 26 heavy (non-hydrogen) atoms. The van der Waals surface area contributed by atoms with Gasteiger partial charge in [0.2, 0.25) is 0 Å². The number of fused-ring (bicyclic) bond motifs is 3. The maximum absolute atomic E-state index is 13.8. The Bertz CT molecular complexity index is 1170. The van der Waals surface area contributed by atoms with Crippen LogP contribution < -0.4 is 5.73 Å². The van der Waals surface area contributed by atoms with Gasteiger partial charge in [-0.3, -0.25) is 0 Å². The number of nitriles is 2. The molecule has 0 aromatic heterocycles. The van der Waals surface area contributed by atoms with Gasteiger partial charge < -0.3 is 5.73 Å². The third kappa shape index (κ3) is 2.22. The van der Waals surface area contributed by atoms with E-state index in [1.54, 1.807) is 12.1 Å². The van der Waals surface area contributed by atoms with E-state index in [1.165, 1.54) is 12.1 Å². The summed E-state index contributed by atoms with van der Waals surface area (Å²) in [6.45, 7) is 0. The van der Waals surface area contributed by atoms with E-state index in [2.05, 4.69) is 28.1 Å². The van der Waals surface area contributed by atoms with Gasteiger partial charge in [-0.2, -0.15) is 10.5 Å². The van der Waals surface area contributed by atoms with Crippen LogP contribution in [0.2, 0.25) is 0 Å². The van der Waals surface area contributed by atoms with Crippen molar-refractivity contribution in [3.63, 3.8) is 0 Å². The maximum atomic E-state index is 13.8. The molecule has 3 aromatic carbocycles. The quantitative estimate of drug-likeness (QED) is 0.446. The molecule has 0 heterocycles. The molecule has 0 amide bonds. The van der Waals surface area contributed by atoms with E-state index in [9.17, 15) is 14.9 Å². The lowest BCUT2D eigenvalue weighted by atomic mass is 9.87. The highest BCUT2D eigenvalue weighted by Crippen LogP contribution is 2.49. The number of nitrogen functional groups attached to an aromatic ring is 1. The van der Waals surface area contributed by atoms with E-state index in [4.69, 9.17) is 5.73 Å². The van der Waals surface area contributed by atoms with Crippen LogP contribution in [0.25, 0.3) is 22.3 Å². The Kier molecular flexibility index (Phi) is 3.76. The first kappa shape index (κ1) is 16.3. The lowest BCUT2D eigenvalue weighted by Gasteiger charge is -2.16. The van der Waals surface area contributed by atoms with Gasteiger partial charge in [-0.05, 0) is 40.5 Å². The molecule has 3 nitrogen and oxygen atoms in total. The molecular weight excluding hydrogens is 393 g/mol. The predicted molar refractivity (Wildman–Crippen MR) is 102 cm³/mol. The number of hydrogen-bond acceptors (Lipinski definition) is 3. The summed E-state index contributed by atoms with van der Waals surface area (Å²) in [5.74, 6) is -0.389. The normalized spacial score (nSPS) is 11.4. The molecule has 0 saturated carbocycles. The first-order chi connectivity index (χ1) is 12.6. The van der Waals surface area contributed by atoms with Crippen molar-refractivity contribution in [2.75, 3.05) is 5.73 Å². The molecule has 0 atom stereocenters. The second-order valence-corrected chi connectivity index (χ2v) is 6.92. The second kappa shape index (κ2) is 5.98. The zero-order valence-corrected chi connectivity index (χ0v) is 15.1. The van der Waals surface area contributed by atoms with Gasteiger partial charge in [-0.1, -0.05) is 40.2 Å². The van der Waals surface area contributed by atoms with Crippen molar-refractivity contribution in [2.24, 2.45) is 0 Å². The van der Waals surface area contributed by atoms with Crippen molar-refractivity contribution in [3.05, 3.63) is 75.0 Å². The molecule has 0 saturated heterocycles. The molecule has 0 unspecified atom stereocenters. The molecule has 1 aliphatic carbocycles. The van der Waals surface area contributed by atoms with Crippen LogP contribution in [-0.2, 0) is 6.42 Å². The summed E-state index contributed by atoms with van der Waals surface area (Å²) in [5.41, 5.74) is 11.6. The van der Waals surface area contributed by atoms with E-state index >= 15 is 0 Å². The Balaban J connectivity index is 2.17. The van der Waals surface area contributed by atoms with E-state index in [-0.39, 0.29) is 17.1 Å². The highest BCUT2D eigenvalue weighted by Gasteiger charge is 2.31. The minimum absolute atomic E-state index is 0.140. The lowest BCUT2D eigenvalue weighted by molar-refractivity contribution is 0.628. The van der Waals surface area contributed by atoms with Gasteiger partial charge >= 0.3 is 0 Å². The molecule has 3 aromatic rings. The number of hydrogen-bond donors (Lipinski definition) is 1. The Morgan fingerprint density at radius 3 is 2.35 bits per heavy atom. The van der Waals surface area contributed by atoms with Crippen LogP contribution in [0.5, 0.6) is 0 Å². The van der Waals surface area contributed by atoms with Crippen molar-refractivity contribution in [3.8, 4) is 34.4 Å². The molecule has 0 spiro atoms. The van der Waals surface area contributed by atoms with Gasteiger partial charge in [0.1, 0.15) is 18.0 Å². The van der Waals surface area contributed by atoms with Crippen LogP contribution in [0.1, 0.15) is 22.3 Å². The van der Waals surface area contributed by atoms with E-state index < -0.39 is 0 Å². The number of benzene rings is 3. The first-order valence-electron chi connectivity index (χ1n) is 7.89. The summed E-state index contributed by atoms with van der Waals surface area (Å²) in [5, 5.41) is 19.4. The minimum atomic E-state index is -0.389. The van der Waals surface area contributed by atoms with Crippen LogP contribution in [0.15, 0.2) is 46.9 Å². The fraction of sp³-hybridized carbons (Fsp3) is 0.0476. The average Bonchev–Trinajstić information content (AvgIpc) is 3.01. The van der Waals surface area contributed by atoms with Gasteiger partial charge in [0.25, 0.3) is 0 Å². The predicted octanol–water partition coefficient (Wildman–Crippen LogP) is 5.15. The molecule has 0 aliphatic heterocycles. The van der Waals surface area contributed by atoms with Crippen LogP contribution in [0.3, 0.4) is 0 Å². The SMILES string of the molecule is N#Cc1c(N)c(C#N)c2c(c1-c1cccc(F)c1)Cc1c(Br)cccc1-2. The van der Waals surface area contributed by atoms with Gasteiger partial charge in [0.15, 0.2) is 0 Å². The standard InChI is InChI=1S/C21H11BrFN3/c22-18-6-2-5-13-14(18)8-15-19(11-3-1-4-12(23)7-11)16(9-24)21(26)17(10-25)20(13)15/h1-7H,8,26H2. The Morgan fingerprint density at radius 2 is 1.65 bits per heavy atom. The topological polar surface area (TPSA) is 73.6 Å². The third-order valence-electron chi connectivity index (χ3n) is 4.72. The summed E-state index contributed by atoms with van der Waals surface area (Å²) in [6, 6.07) is 16.1. The zero-order chi connectivity index (χ0) is 18.4. The third-order valence-corrected chi connectivity index (χ3v) is 5.46. The van der Waals surface area contributed by atoms with Gasteiger partial charge in [-0.15, -0.1) is 0 Å². The van der Waals surface area contributed by atoms with Gasteiger partial charge in [0.05, 0.1) is 16.8 Å². The number of rotatable bonds is 1. The van der Waals surface area contributed by atoms with E-state index in [0.717, 1.165) is 26.7 Å². The maximum Gasteiger partial charge on any atom is 0.123 e. The Morgan fingerprint density at radius 1 is 0.962 bits per heavy atom. The molecule has 0 radical (unpaired) electrons. The van der Waals surface area contributed by atoms with Crippen molar-refractivity contribution >= 4 is 21.6 Å². The Labute approximate surface area is 158 Å². The fourth-order valence-electron chi connectivity index (χ4n) is 3.64. The molecular formula is C21H11BrFN3. The summed E-state index contributed by atoms with van der Waals surface area (Å²) in [4.78, 5) is 0. The summed E-state index contributed by atoms with van der Waals surface area (Å²) in [6.07, 6.45) is 0.543. The lowest BCUT2D eigenvalue weighted by Crippen LogP contribution is -2.03. The molecule has 124 valence electrons. The zero-order valence-electron chi connectivity index (χ0n) is 13.5. The van der Waals surface area contributed by atoms with Gasteiger partial charge in [0, 0.05) is 22.0 Å². The Hall–Kier alpha value is -3.15. The molecule has 0 bridgehead atoms. The van der Waals surface area contributed by atoms with Crippen molar-refractivity contribution in [1.82, 2.24) is 0 Å². The highest BCUT2D eigenvalue weighted by atomic mass is 79.9. The molecule has 5 heteroatoms. The molecule has 4 rings (SSSR count). The number of nitrogens with zero attached hydrogens (tertiary/aromatic N) is 2. The van der Waals surface area contributed by atoms with Crippen molar-refractivity contribution in [2.45, 2.75) is 6.42 Å². The minimum Gasteiger partial charge on any atom is -0.397 e. The monoisotopic (exact) mass is 403 g/mol. The summed E-state index contributed by atoms with van der Waals surface area (Å²) >= 11 is 3.56. The van der Waals surface area contributed by atoms with Gasteiger partial charge in [-0.25, -0.2) is 4.39 Å². The molecule has 2 N–H and O–H groups in total. The fourth-order valence-corrected chi connectivity index (χ4v) is 4.15. The number of halogens is 2. The summed E-state index contributed by atoms with van der Waals surface area (Å²) in [7, 11) is 0. The van der Waals surface area contributed by atoms with Crippen LogP contribution in [0, 0.1) is 28.5 Å². The molecule has 0 fully saturated rings. The molecule has 1 aliphatic rings. The van der Waals surface area contributed by atoms with E-state index in [0.29, 0.717) is 23.1 Å². The first-order valence-corrected chi connectivity index (χ1v) is 8.68. The second-order valence-electron chi connectivity index (χ2n) is 6.07. The van der Waals surface area contributed by atoms with Crippen LogP contribution in [0.4, 0.5) is 10.1 Å². The smallest absolute Gasteiger partial charge is 0.123 e. The summed E-state index contributed by atoms with van der Waals surface area (Å²) < 4.78 is 14.8. The average molecular weight is 404 g/mol. The van der Waals surface area contributed by atoms with Crippen LogP contribution >= 0.6 is 15.9 Å². The number of anilines is 1. The van der Waals surface area contributed by atoms with E-state index in [1.807, 2.05) is 18.2 Å². The van der Waals surface area contributed by atoms with Crippen LogP contribution in [-0.4, -0.2) is 0 Å².